The van der Waals surface area contributed by atoms with Gasteiger partial charge in [0.05, 0.1) is 0 Å². The van der Waals surface area contributed by atoms with Crippen molar-refractivity contribution in [2.75, 3.05) is 12.4 Å². The zero-order chi connectivity index (χ0) is 8.69. The summed E-state index contributed by atoms with van der Waals surface area (Å²) in [6.07, 6.45) is 2.37. The molecule has 0 heterocycles. The molecule has 0 aliphatic rings. The second-order valence-corrected chi connectivity index (χ2v) is 3.69. The molecule has 11 heavy (non-hydrogen) atoms. The van der Waals surface area contributed by atoms with Gasteiger partial charge < -0.3 is 5.32 Å². The molecule has 0 aromatic heterocycles. The zero-order valence-corrected chi connectivity index (χ0v) is 8.62. The molecule has 0 aliphatic heterocycles. The van der Waals surface area contributed by atoms with Crippen LogP contribution in [0, 0.1) is 5.92 Å². The molecule has 0 aromatic carbocycles. The van der Waals surface area contributed by atoms with Crippen molar-refractivity contribution in [1.82, 2.24) is 5.32 Å². The predicted molar refractivity (Wildman–Crippen MR) is 52.3 cm³/mol. The van der Waals surface area contributed by atoms with Gasteiger partial charge in [0.2, 0.25) is 0 Å². The molecule has 0 amide bonds. The SMILES string of the molecule is CCC(CCCl)CNC(C)C. The first-order chi connectivity index (χ1) is 5.20. The molecule has 0 bridgehead atoms. The van der Waals surface area contributed by atoms with Crippen molar-refractivity contribution in [2.45, 2.75) is 39.7 Å². The maximum Gasteiger partial charge on any atom is 0.0226 e. The van der Waals surface area contributed by atoms with Crippen LogP contribution in [0.1, 0.15) is 33.6 Å². The quantitative estimate of drug-likeness (QED) is 0.616. The Hall–Kier alpha value is 0.250. The lowest BCUT2D eigenvalue weighted by molar-refractivity contribution is 0.429. The van der Waals surface area contributed by atoms with E-state index >= 15 is 0 Å². The normalized spacial score (nSPS) is 13.9. The number of rotatable bonds is 6. The topological polar surface area (TPSA) is 12.0 Å². The number of alkyl halides is 1. The molecule has 0 spiro atoms. The summed E-state index contributed by atoms with van der Waals surface area (Å²) in [4.78, 5) is 0. The van der Waals surface area contributed by atoms with E-state index in [1.807, 2.05) is 0 Å². The molecule has 0 saturated heterocycles. The summed E-state index contributed by atoms with van der Waals surface area (Å²) < 4.78 is 0. The average Bonchev–Trinajstić information content (AvgIpc) is 1.97. The lowest BCUT2D eigenvalue weighted by Gasteiger charge is -2.15. The summed E-state index contributed by atoms with van der Waals surface area (Å²) in [7, 11) is 0. The highest BCUT2D eigenvalue weighted by Gasteiger charge is 2.04. The molecule has 0 radical (unpaired) electrons. The minimum absolute atomic E-state index is 0.597. The van der Waals surface area contributed by atoms with E-state index in [0.29, 0.717) is 6.04 Å². The third-order valence-corrected chi connectivity index (χ3v) is 2.13. The van der Waals surface area contributed by atoms with Crippen LogP contribution in [0.25, 0.3) is 0 Å². The van der Waals surface area contributed by atoms with Gasteiger partial charge in [-0.15, -0.1) is 11.6 Å². The van der Waals surface area contributed by atoms with E-state index in [-0.39, 0.29) is 0 Å². The molecule has 1 N–H and O–H groups in total. The summed E-state index contributed by atoms with van der Waals surface area (Å²) in [5.74, 6) is 1.55. The highest BCUT2D eigenvalue weighted by atomic mass is 35.5. The van der Waals surface area contributed by atoms with Crippen molar-refractivity contribution >= 4 is 11.6 Å². The molecule has 0 fully saturated rings. The molecule has 0 rings (SSSR count). The van der Waals surface area contributed by atoms with Crippen molar-refractivity contribution in [3.8, 4) is 0 Å². The van der Waals surface area contributed by atoms with Crippen molar-refractivity contribution < 1.29 is 0 Å². The van der Waals surface area contributed by atoms with Crippen LogP contribution in [0.15, 0.2) is 0 Å². The standard InChI is InChI=1S/C9H20ClN/c1-4-9(5-6-10)7-11-8(2)3/h8-9,11H,4-7H2,1-3H3. The van der Waals surface area contributed by atoms with Gasteiger partial charge in [-0.1, -0.05) is 27.2 Å². The Morgan fingerprint density at radius 3 is 2.36 bits per heavy atom. The second kappa shape index (κ2) is 6.93. The van der Waals surface area contributed by atoms with Gasteiger partial charge in [0.15, 0.2) is 0 Å². The largest absolute Gasteiger partial charge is 0.314 e. The Morgan fingerprint density at radius 1 is 1.36 bits per heavy atom. The summed E-state index contributed by atoms with van der Waals surface area (Å²) in [6.45, 7) is 7.68. The molecule has 0 aromatic rings. The van der Waals surface area contributed by atoms with Gasteiger partial charge in [-0.05, 0) is 18.9 Å². The molecule has 1 nitrogen and oxygen atoms in total. The van der Waals surface area contributed by atoms with E-state index in [1.54, 1.807) is 0 Å². The van der Waals surface area contributed by atoms with Crippen molar-refractivity contribution in [1.29, 1.82) is 0 Å². The van der Waals surface area contributed by atoms with E-state index < -0.39 is 0 Å². The smallest absolute Gasteiger partial charge is 0.0226 e. The molecule has 68 valence electrons. The summed E-state index contributed by atoms with van der Waals surface area (Å²) in [5.41, 5.74) is 0. The summed E-state index contributed by atoms with van der Waals surface area (Å²) >= 11 is 5.66. The highest BCUT2D eigenvalue weighted by molar-refractivity contribution is 6.17. The van der Waals surface area contributed by atoms with Crippen molar-refractivity contribution in [3.05, 3.63) is 0 Å². The van der Waals surface area contributed by atoms with Crippen molar-refractivity contribution in [3.63, 3.8) is 0 Å². The fourth-order valence-corrected chi connectivity index (χ4v) is 1.32. The molecule has 0 saturated carbocycles. The fraction of sp³-hybridized carbons (Fsp3) is 1.00. The molecular weight excluding hydrogens is 158 g/mol. The van der Waals surface area contributed by atoms with E-state index in [4.69, 9.17) is 11.6 Å². The van der Waals surface area contributed by atoms with Crippen LogP contribution < -0.4 is 5.32 Å². The van der Waals surface area contributed by atoms with E-state index in [9.17, 15) is 0 Å². The lowest BCUT2D eigenvalue weighted by Crippen LogP contribution is -2.28. The highest BCUT2D eigenvalue weighted by Crippen LogP contribution is 2.07. The third-order valence-electron chi connectivity index (χ3n) is 1.91. The third kappa shape index (κ3) is 6.64. The van der Waals surface area contributed by atoms with Gasteiger partial charge in [-0.25, -0.2) is 0 Å². The van der Waals surface area contributed by atoms with Crippen LogP contribution in [0.4, 0.5) is 0 Å². The van der Waals surface area contributed by atoms with Gasteiger partial charge in [0.25, 0.3) is 0 Å². The number of hydrogen-bond acceptors (Lipinski definition) is 1. The van der Waals surface area contributed by atoms with Crippen LogP contribution >= 0.6 is 11.6 Å². The summed E-state index contributed by atoms with van der Waals surface area (Å²) in [5, 5.41) is 3.42. The van der Waals surface area contributed by atoms with E-state index in [0.717, 1.165) is 24.8 Å². The van der Waals surface area contributed by atoms with E-state index in [1.165, 1.54) is 6.42 Å². The monoisotopic (exact) mass is 177 g/mol. The number of halogens is 1. The first kappa shape index (κ1) is 11.2. The first-order valence-corrected chi connectivity index (χ1v) is 5.03. The Labute approximate surface area is 75.5 Å². The van der Waals surface area contributed by atoms with Gasteiger partial charge in [-0.3, -0.25) is 0 Å². The van der Waals surface area contributed by atoms with Crippen LogP contribution in [-0.2, 0) is 0 Å². The second-order valence-electron chi connectivity index (χ2n) is 3.31. The molecular formula is C9H20ClN. The number of nitrogens with one attached hydrogen (secondary N) is 1. The minimum Gasteiger partial charge on any atom is -0.314 e. The zero-order valence-electron chi connectivity index (χ0n) is 7.86. The summed E-state index contributed by atoms with van der Waals surface area (Å²) in [6, 6.07) is 0.597. The van der Waals surface area contributed by atoms with Gasteiger partial charge in [-0.2, -0.15) is 0 Å². The van der Waals surface area contributed by atoms with Crippen molar-refractivity contribution in [2.24, 2.45) is 5.92 Å². The maximum atomic E-state index is 5.66. The average molecular weight is 178 g/mol. The Kier molecular flexibility index (Phi) is 7.09. The predicted octanol–water partition coefficient (Wildman–Crippen LogP) is 2.64. The molecule has 1 unspecified atom stereocenters. The lowest BCUT2D eigenvalue weighted by atomic mass is 10.0. The Balaban J connectivity index is 3.35. The van der Waals surface area contributed by atoms with Crippen LogP contribution in [0.3, 0.4) is 0 Å². The van der Waals surface area contributed by atoms with Crippen LogP contribution in [-0.4, -0.2) is 18.5 Å². The maximum absolute atomic E-state index is 5.66. The Bertz CT molecular complexity index is 83.6. The Morgan fingerprint density at radius 2 is 2.00 bits per heavy atom. The first-order valence-electron chi connectivity index (χ1n) is 4.50. The van der Waals surface area contributed by atoms with Gasteiger partial charge in [0.1, 0.15) is 0 Å². The van der Waals surface area contributed by atoms with Crippen LogP contribution in [0.5, 0.6) is 0 Å². The van der Waals surface area contributed by atoms with E-state index in [2.05, 4.69) is 26.1 Å². The molecule has 1 atom stereocenters. The fourth-order valence-electron chi connectivity index (χ4n) is 1.01. The molecule has 0 aliphatic carbocycles. The van der Waals surface area contributed by atoms with Gasteiger partial charge >= 0.3 is 0 Å². The molecule has 2 heteroatoms. The van der Waals surface area contributed by atoms with Crippen LogP contribution in [0.2, 0.25) is 0 Å². The number of hydrogen-bond donors (Lipinski definition) is 1. The minimum atomic E-state index is 0.597. The van der Waals surface area contributed by atoms with Gasteiger partial charge in [0, 0.05) is 11.9 Å².